The molecule has 0 unspecified atom stereocenters. The van der Waals surface area contributed by atoms with Gasteiger partial charge in [-0.05, 0) is 38.1 Å². The monoisotopic (exact) mass is 581 g/mol. The summed E-state index contributed by atoms with van der Waals surface area (Å²) in [5.41, 5.74) is 2.50. The molecule has 41 heavy (non-hydrogen) atoms. The smallest absolute Gasteiger partial charge is 0.242 e. The molecule has 1 aliphatic heterocycles. The van der Waals surface area contributed by atoms with Crippen molar-refractivity contribution in [1.29, 1.82) is 0 Å². The molecule has 4 aromatic rings. The van der Waals surface area contributed by atoms with Gasteiger partial charge in [0, 0.05) is 55.8 Å². The number of nitrogens with one attached hydrogen (secondary N) is 3. The molecule has 3 aromatic heterocycles. The number of nitrogens with zero attached hydrogens (tertiary/aromatic N) is 6. The number of aryl methyl sites for hydroxylation is 1. The number of benzene rings is 1. The number of amides is 1. The zero-order valence-electron chi connectivity index (χ0n) is 23.3. The number of halogens is 1. The zero-order valence-corrected chi connectivity index (χ0v) is 24.1. The third kappa shape index (κ3) is 5.89. The Kier molecular flexibility index (Phi) is 7.98. The van der Waals surface area contributed by atoms with Crippen molar-refractivity contribution in [2.24, 2.45) is 0 Å². The standard InChI is InChI=1S/C27H32FN9O3S/c1-5-20(37-11-9-36(3)10-12-37)26(38)34-25-24-18(15-31-35-25)17(14-29-24)23-16(2)13-30-27(33-23)32-19-7-6-8-21(22(19)28)41(4,39)40/h6-8,13-15,20,29H,5,9-12H2,1-4H3,(H,30,32,33)(H,34,35,38)/t20-/m1/s1. The minimum atomic E-state index is -3.76. The highest BCUT2D eigenvalue weighted by molar-refractivity contribution is 7.90. The van der Waals surface area contributed by atoms with Crippen molar-refractivity contribution in [3.8, 4) is 11.3 Å². The van der Waals surface area contributed by atoms with Crippen LogP contribution in [0.3, 0.4) is 0 Å². The van der Waals surface area contributed by atoms with Gasteiger partial charge < -0.3 is 20.5 Å². The summed E-state index contributed by atoms with van der Waals surface area (Å²) in [7, 11) is -1.69. The summed E-state index contributed by atoms with van der Waals surface area (Å²) in [6.07, 6.45) is 6.52. The number of anilines is 3. The summed E-state index contributed by atoms with van der Waals surface area (Å²) in [5.74, 6) is -0.655. The van der Waals surface area contributed by atoms with E-state index in [0.29, 0.717) is 34.4 Å². The number of H-pyrrole nitrogens is 1. The van der Waals surface area contributed by atoms with Gasteiger partial charge in [-0.1, -0.05) is 13.0 Å². The Hall–Kier alpha value is -4.01. The lowest BCUT2D eigenvalue weighted by molar-refractivity contribution is -0.122. The van der Waals surface area contributed by atoms with E-state index >= 15 is 0 Å². The zero-order chi connectivity index (χ0) is 29.3. The van der Waals surface area contributed by atoms with E-state index in [1.165, 1.54) is 18.2 Å². The molecule has 1 aromatic carbocycles. The summed E-state index contributed by atoms with van der Waals surface area (Å²) in [4.78, 5) is 29.3. The Morgan fingerprint density at radius 3 is 2.66 bits per heavy atom. The number of hydrogen-bond donors (Lipinski definition) is 3. The summed E-state index contributed by atoms with van der Waals surface area (Å²) in [6, 6.07) is 3.77. The maximum atomic E-state index is 14.9. The first-order valence-corrected chi connectivity index (χ1v) is 15.1. The van der Waals surface area contributed by atoms with Crippen LogP contribution < -0.4 is 10.6 Å². The summed E-state index contributed by atoms with van der Waals surface area (Å²) in [6.45, 7) is 7.28. The van der Waals surface area contributed by atoms with Gasteiger partial charge >= 0.3 is 0 Å². The Morgan fingerprint density at radius 2 is 1.95 bits per heavy atom. The molecule has 0 bridgehead atoms. The molecule has 5 rings (SSSR count). The van der Waals surface area contributed by atoms with Crippen LogP contribution in [0.2, 0.25) is 0 Å². The number of aromatic nitrogens is 5. The lowest BCUT2D eigenvalue weighted by Crippen LogP contribution is -2.52. The van der Waals surface area contributed by atoms with Crippen LogP contribution in [-0.4, -0.2) is 94.8 Å². The summed E-state index contributed by atoms with van der Waals surface area (Å²) < 4.78 is 38.8. The van der Waals surface area contributed by atoms with Gasteiger partial charge in [0.15, 0.2) is 21.5 Å². The molecule has 1 atom stereocenters. The quantitative estimate of drug-likeness (QED) is 0.283. The van der Waals surface area contributed by atoms with E-state index < -0.39 is 20.5 Å². The molecule has 1 amide bonds. The van der Waals surface area contributed by atoms with Crippen molar-refractivity contribution < 1.29 is 17.6 Å². The largest absolute Gasteiger partial charge is 0.357 e. The van der Waals surface area contributed by atoms with E-state index in [9.17, 15) is 17.6 Å². The van der Waals surface area contributed by atoms with E-state index in [-0.39, 0.29) is 23.6 Å². The average molecular weight is 582 g/mol. The van der Waals surface area contributed by atoms with Crippen molar-refractivity contribution in [1.82, 2.24) is 34.9 Å². The Balaban J connectivity index is 1.43. The molecule has 3 N–H and O–H groups in total. The van der Waals surface area contributed by atoms with Crippen molar-refractivity contribution in [2.75, 3.05) is 50.1 Å². The number of hydrogen-bond acceptors (Lipinski definition) is 10. The van der Waals surface area contributed by atoms with Gasteiger partial charge in [-0.25, -0.2) is 22.8 Å². The predicted octanol–water partition coefficient (Wildman–Crippen LogP) is 2.97. The highest BCUT2D eigenvalue weighted by Gasteiger charge is 2.28. The number of carbonyl (C=O) groups is 1. The van der Waals surface area contributed by atoms with E-state index in [2.05, 4.69) is 52.6 Å². The molecule has 14 heteroatoms. The van der Waals surface area contributed by atoms with E-state index in [4.69, 9.17) is 0 Å². The normalized spacial score (nSPS) is 15.6. The Bertz CT molecular complexity index is 1700. The van der Waals surface area contributed by atoms with Gasteiger partial charge in [0.2, 0.25) is 11.9 Å². The lowest BCUT2D eigenvalue weighted by atomic mass is 10.1. The highest BCUT2D eigenvalue weighted by atomic mass is 32.2. The minimum Gasteiger partial charge on any atom is -0.357 e. The lowest BCUT2D eigenvalue weighted by Gasteiger charge is -2.36. The minimum absolute atomic E-state index is 0.0663. The first kappa shape index (κ1) is 28.5. The first-order valence-electron chi connectivity index (χ1n) is 13.2. The number of likely N-dealkylation sites (N-methyl/N-ethyl adjacent to an activating group) is 1. The SMILES string of the molecule is CC[C@H](C(=O)Nc1nncc2c(-c3nc(Nc4cccc(S(C)(=O)=O)c4F)ncc3C)c[nH]c12)N1CCN(C)CC1. The van der Waals surface area contributed by atoms with Crippen LogP contribution in [-0.2, 0) is 14.6 Å². The second-order valence-corrected chi connectivity index (χ2v) is 12.2. The van der Waals surface area contributed by atoms with Gasteiger partial charge in [-0.2, -0.15) is 5.10 Å². The number of carbonyl (C=O) groups excluding carboxylic acids is 1. The van der Waals surface area contributed by atoms with Crippen LogP contribution in [0.25, 0.3) is 22.2 Å². The third-order valence-electron chi connectivity index (χ3n) is 7.25. The molecule has 4 heterocycles. The predicted molar refractivity (Wildman–Crippen MR) is 154 cm³/mol. The molecule has 1 saturated heterocycles. The number of rotatable bonds is 8. The fourth-order valence-electron chi connectivity index (χ4n) is 4.97. The molecule has 1 fully saturated rings. The second kappa shape index (κ2) is 11.5. The maximum Gasteiger partial charge on any atom is 0.242 e. The summed E-state index contributed by atoms with van der Waals surface area (Å²) >= 11 is 0. The topological polar surface area (TPSA) is 149 Å². The van der Waals surface area contributed by atoms with Crippen LogP contribution in [0.15, 0.2) is 41.7 Å². The molecule has 0 aliphatic carbocycles. The number of aromatic amines is 1. The molecule has 0 radical (unpaired) electrons. The van der Waals surface area contributed by atoms with Gasteiger partial charge in [0.25, 0.3) is 0 Å². The van der Waals surface area contributed by atoms with Crippen LogP contribution in [0.4, 0.5) is 21.8 Å². The third-order valence-corrected chi connectivity index (χ3v) is 8.36. The molecule has 0 saturated carbocycles. The molecular weight excluding hydrogens is 549 g/mol. The Morgan fingerprint density at radius 1 is 1.20 bits per heavy atom. The highest BCUT2D eigenvalue weighted by Crippen LogP contribution is 2.33. The molecule has 1 aliphatic rings. The van der Waals surface area contributed by atoms with Crippen LogP contribution in [0, 0.1) is 12.7 Å². The molecule has 12 nitrogen and oxygen atoms in total. The first-order chi connectivity index (χ1) is 19.6. The van der Waals surface area contributed by atoms with Crippen LogP contribution in [0.1, 0.15) is 18.9 Å². The van der Waals surface area contributed by atoms with E-state index in [0.717, 1.165) is 38.0 Å². The number of sulfone groups is 1. The van der Waals surface area contributed by atoms with E-state index in [1.54, 1.807) is 18.6 Å². The number of fused-ring (bicyclic) bond motifs is 1. The number of piperazine rings is 1. The Labute approximate surface area is 237 Å². The fourth-order valence-corrected chi connectivity index (χ4v) is 5.74. The molecule has 216 valence electrons. The molecule has 0 spiro atoms. The van der Waals surface area contributed by atoms with E-state index in [1.807, 2.05) is 13.8 Å². The van der Waals surface area contributed by atoms with Crippen molar-refractivity contribution >= 4 is 44.1 Å². The van der Waals surface area contributed by atoms with Crippen molar-refractivity contribution in [2.45, 2.75) is 31.2 Å². The summed E-state index contributed by atoms with van der Waals surface area (Å²) in [5, 5.41) is 14.7. The van der Waals surface area contributed by atoms with Crippen molar-refractivity contribution in [3.63, 3.8) is 0 Å². The van der Waals surface area contributed by atoms with Gasteiger partial charge in [0.1, 0.15) is 4.90 Å². The van der Waals surface area contributed by atoms with Crippen molar-refractivity contribution in [3.05, 3.63) is 48.2 Å². The van der Waals surface area contributed by atoms with Gasteiger partial charge in [0.05, 0.1) is 29.1 Å². The van der Waals surface area contributed by atoms with Crippen LogP contribution >= 0.6 is 0 Å². The van der Waals surface area contributed by atoms with Crippen LogP contribution in [0.5, 0.6) is 0 Å². The van der Waals surface area contributed by atoms with Gasteiger partial charge in [-0.3, -0.25) is 9.69 Å². The average Bonchev–Trinajstić information content (AvgIpc) is 3.37. The second-order valence-electron chi connectivity index (χ2n) is 10.2. The maximum absolute atomic E-state index is 14.9. The van der Waals surface area contributed by atoms with Gasteiger partial charge in [-0.15, -0.1) is 5.10 Å². The molecular formula is C27H32FN9O3S. The fraction of sp³-hybridized carbons (Fsp3) is 0.370.